The number of hydrogen-bond acceptors (Lipinski definition) is 7. The van der Waals surface area contributed by atoms with E-state index in [1.807, 2.05) is 30.3 Å². The molecule has 0 aliphatic carbocycles. The van der Waals surface area contributed by atoms with Crippen molar-refractivity contribution in [2.45, 2.75) is 37.1 Å². The van der Waals surface area contributed by atoms with Crippen molar-refractivity contribution in [2.75, 3.05) is 13.7 Å². The minimum absolute atomic E-state index is 0.175. The maximum absolute atomic E-state index is 14.0. The van der Waals surface area contributed by atoms with Crippen molar-refractivity contribution < 1.29 is 32.5 Å². The van der Waals surface area contributed by atoms with E-state index in [9.17, 15) is 13.6 Å². The molecule has 11 heteroatoms. The second kappa shape index (κ2) is 9.38. The third-order valence-electron chi connectivity index (χ3n) is 5.90. The summed E-state index contributed by atoms with van der Waals surface area (Å²) in [6.07, 6.45) is -0.865. The van der Waals surface area contributed by atoms with Gasteiger partial charge in [-0.1, -0.05) is 47.1 Å². The molecule has 3 aromatic rings. The van der Waals surface area contributed by atoms with Gasteiger partial charge in [-0.3, -0.25) is 0 Å². The lowest BCUT2D eigenvalue weighted by atomic mass is 9.94. The lowest BCUT2D eigenvalue weighted by molar-refractivity contribution is -0.298. The molecule has 2 aromatic carbocycles. The van der Waals surface area contributed by atoms with E-state index in [1.54, 1.807) is 6.20 Å². The summed E-state index contributed by atoms with van der Waals surface area (Å²) >= 11 is 5.59. The maximum Gasteiger partial charge on any atom is 0.335 e. The van der Waals surface area contributed by atoms with Gasteiger partial charge in [0.1, 0.15) is 34.6 Å². The van der Waals surface area contributed by atoms with Gasteiger partial charge in [0.25, 0.3) is 0 Å². The number of carbonyl (C=O) groups is 1. The predicted molar refractivity (Wildman–Crippen MR) is 115 cm³/mol. The van der Waals surface area contributed by atoms with Gasteiger partial charge in [-0.05, 0) is 12.1 Å². The van der Waals surface area contributed by atoms with Crippen LogP contribution in [0.1, 0.15) is 24.3 Å². The molecule has 178 valence electrons. The Labute approximate surface area is 198 Å². The Morgan fingerprint density at radius 3 is 2.62 bits per heavy atom. The molecule has 0 saturated carbocycles. The van der Waals surface area contributed by atoms with Crippen LogP contribution in [0.25, 0.3) is 11.3 Å². The van der Waals surface area contributed by atoms with Crippen LogP contribution in [0, 0.1) is 11.6 Å². The van der Waals surface area contributed by atoms with E-state index in [4.69, 9.17) is 30.5 Å². The lowest BCUT2D eigenvalue weighted by Gasteiger charge is -2.45. The first-order chi connectivity index (χ1) is 16.4. The summed E-state index contributed by atoms with van der Waals surface area (Å²) < 4.78 is 52.3. The van der Waals surface area contributed by atoms with E-state index >= 15 is 0 Å². The Hall–Kier alpha value is -2.92. The van der Waals surface area contributed by atoms with Crippen molar-refractivity contribution in [1.82, 2.24) is 15.0 Å². The predicted octanol–water partition coefficient (Wildman–Crippen LogP) is 3.86. The summed E-state index contributed by atoms with van der Waals surface area (Å²) in [5.74, 6) is -2.33. The van der Waals surface area contributed by atoms with Gasteiger partial charge in [-0.15, -0.1) is 5.10 Å². The molecule has 5 atom stereocenters. The molecular formula is C23H20ClF2N3O5. The number of benzene rings is 2. The molecule has 0 radical (unpaired) electrons. The number of nitrogens with zero attached hydrogens (tertiary/aromatic N) is 3. The fourth-order valence-electron chi connectivity index (χ4n) is 4.22. The summed E-state index contributed by atoms with van der Waals surface area (Å²) in [6, 6.07) is 11.1. The number of esters is 1. The van der Waals surface area contributed by atoms with Crippen LogP contribution in [0.5, 0.6) is 0 Å². The largest absolute Gasteiger partial charge is 0.467 e. The fourth-order valence-corrected chi connectivity index (χ4v) is 4.33. The van der Waals surface area contributed by atoms with Gasteiger partial charge in [0.15, 0.2) is 12.4 Å². The van der Waals surface area contributed by atoms with Crippen molar-refractivity contribution >= 4 is 17.6 Å². The number of methoxy groups -OCH3 is 1. The Morgan fingerprint density at radius 1 is 1.18 bits per heavy atom. The van der Waals surface area contributed by atoms with Crippen LogP contribution in [0.3, 0.4) is 0 Å². The summed E-state index contributed by atoms with van der Waals surface area (Å²) in [7, 11) is 1.28. The van der Waals surface area contributed by atoms with Crippen molar-refractivity contribution in [3.63, 3.8) is 0 Å². The van der Waals surface area contributed by atoms with Gasteiger partial charge >= 0.3 is 5.97 Å². The Morgan fingerprint density at radius 2 is 1.91 bits per heavy atom. The molecule has 2 fully saturated rings. The first-order valence-electron chi connectivity index (χ1n) is 10.6. The highest BCUT2D eigenvalue weighted by Crippen LogP contribution is 2.39. The van der Waals surface area contributed by atoms with Crippen molar-refractivity contribution in [1.29, 1.82) is 0 Å². The molecule has 3 heterocycles. The normalized spacial score (nSPS) is 26.6. The highest BCUT2D eigenvalue weighted by atomic mass is 35.5. The van der Waals surface area contributed by atoms with E-state index in [0.717, 1.165) is 17.7 Å². The van der Waals surface area contributed by atoms with Crippen molar-refractivity contribution in [3.8, 4) is 11.3 Å². The second-order valence-electron chi connectivity index (χ2n) is 8.00. The average molecular weight is 492 g/mol. The molecule has 1 aromatic heterocycles. The summed E-state index contributed by atoms with van der Waals surface area (Å²) in [4.78, 5) is 12.3. The number of carbonyl (C=O) groups excluding carboxylic acids is 1. The van der Waals surface area contributed by atoms with Crippen molar-refractivity contribution in [2.24, 2.45) is 0 Å². The third-order valence-corrected chi connectivity index (χ3v) is 6.26. The molecular weight excluding hydrogens is 472 g/mol. The average Bonchev–Trinajstić information content (AvgIpc) is 3.36. The van der Waals surface area contributed by atoms with Crippen LogP contribution in [-0.2, 0) is 23.7 Å². The summed E-state index contributed by atoms with van der Waals surface area (Å²) in [5, 5.41) is 7.65. The zero-order valence-electron chi connectivity index (χ0n) is 17.9. The molecule has 2 saturated heterocycles. The minimum Gasteiger partial charge on any atom is -0.467 e. The van der Waals surface area contributed by atoms with E-state index in [2.05, 4.69) is 10.3 Å². The number of ether oxygens (including phenoxy) is 4. The SMILES string of the molecule is COC(=O)C1CC(n2cc(-c3cc(F)c(Cl)c(F)c3)nn2)C2OC(c3ccccc3)OCC2O1. The Kier molecular flexibility index (Phi) is 6.30. The maximum atomic E-state index is 14.0. The second-order valence-corrected chi connectivity index (χ2v) is 8.38. The fraction of sp³-hybridized carbons (Fsp3) is 0.348. The zero-order valence-corrected chi connectivity index (χ0v) is 18.7. The van der Waals surface area contributed by atoms with Crippen LogP contribution in [0.2, 0.25) is 5.02 Å². The molecule has 2 aliphatic rings. The van der Waals surface area contributed by atoms with E-state index in [0.29, 0.717) is 0 Å². The molecule has 5 rings (SSSR count). The zero-order chi connectivity index (χ0) is 23.8. The van der Waals surface area contributed by atoms with Crippen LogP contribution in [0.15, 0.2) is 48.7 Å². The monoisotopic (exact) mass is 491 g/mol. The number of rotatable bonds is 4. The molecule has 34 heavy (non-hydrogen) atoms. The first kappa shape index (κ1) is 22.9. The molecule has 0 bridgehead atoms. The van der Waals surface area contributed by atoms with Gasteiger partial charge in [0, 0.05) is 17.5 Å². The number of aromatic nitrogens is 3. The molecule has 8 nitrogen and oxygen atoms in total. The van der Waals surface area contributed by atoms with E-state index < -0.39 is 53.3 Å². The van der Waals surface area contributed by atoms with Gasteiger partial charge in [-0.2, -0.15) is 0 Å². The number of fused-ring (bicyclic) bond motifs is 1. The quantitative estimate of drug-likeness (QED) is 0.404. The van der Waals surface area contributed by atoms with Crippen LogP contribution >= 0.6 is 11.6 Å². The van der Waals surface area contributed by atoms with Gasteiger partial charge in [-0.25, -0.2) is 18.3 Å². The van der Waals surface area contributed by atoms with Crippen LogP contribution in [-0.4, -0.2) is 53.0 Å². The highest BCUT2D eigenvalue weighted by Gasteiger charge is 2.47. The van der Waals surface area contributed by atoms with Crippen LogP contribution in [0.4, 0.5) is 8.78 Å². The number of halogens is 3. The smallest absolute Gasteiger partial charge is 0.335 e. The van der Waals surface area contributed by atoms with E-state index in [-0.39, 0.29) is 24.3 Å². The Bertz CT molecular complexity index is 1170. The first-order valence-corrected chi connectivity index (χ1v) is 10.9. The molecule has 5 unspecified atom stereocenters. The topological polar surface area (TPSA) is 84.7 Å². The summed E-state index contributed by atoms with van der Waals surface area (Å²) in [6.45, 7) is 0.184. The van der Waals surface area contributed by atoms with Crippen LogP contribution < -0.4 is 0 Å². The molecule has 0 N–H and O–H groups in total. The number of hydrogen-bond donors (Lipinski definition) is 0. The van der Waals surface area contributed by atoms with E-state index in [1.165, 1.54) is 11.8 Å². The summed E-state index contributed by atoms with van der Waals surface area (Å²) in [5.41, 5.74) is 1.24. The molecule has 0 amide bonds. The highest BCUT2D eigenvalue weighted by molar-refractivity contribution is 6.30. The van der Waals surface area contributed by atoms with Gasteiger partial charge in [0.05, 0.1) is 26.0 Å². The third kappa shape index (κ3) is 4.29. The molecule has 2 aliphatic heterocycles. The van der Waals surface area contributed by atoms with Gasteiger partial charge in [0.2, 0.25) is 0 Å². The minimum atomic E-state index is -0.901. The van der Waals surface area contributed by atoms with Gasteiger partial charge < -0.3 is 18.9 Å². The lowest BCUT2D eigenvalue weighted by Crippen LogP contribution is -2.54. The standard InChI is InChI=1S/C23H20ClF2N3O5/c1-31-22(30)18-9-17(21-19(33-18)11-32-23(34-21)12-5-3-2-4-6-12)29-10-16(27-28-29)13-7-14(25)20(24)15(26)8-13/h2-8,10,17-19,21,23H,9,11H2,1H3. The van der Waals surface area contributed by atoms with Crippen molar-refractivity contribution in [3.05, 3.63) is 70.9 Å². The molecule has 0 spiro atoms. The Balaban J connectivity index is 1.46.